The Hall–Kier alpha value is -3.86. The van der Waals surface area contributed by atoms with Crippen molar-refractivity contribution in [2.45, 2.75) is 58.6 Å². The van der Waals surface area contributed by atoms with Crippen molar-refractivity contribution < 1.29 is 50.2 Å². The number of piperidine rings is 1. The van der Waals surface area contributed by atoms with Gasteiger partial charge in [0.1, 0.15) is 5.69 Å². The fourth-order valence-corrected chi connectivity index (χ4v) is 7.98. The number of anilines is 1. The topological polar surface area (TPSA) is 114 Å². The standard InChI is InChI=1S/C28H28F3N5O2S.C2F4O2/c1-13-6-18(28(29,30)31)35-22(21(13)34-14-8-27(9-14)11-32-12-27)16-4-5-33-17-7-15(39-23(16)17)10-36-24(37)19-20(25(36)38)26(19,2)3;3-2(4,5)1(7)8-6/h4-7,14,19-20,32,34H,8-12H2,1-3H3;. The van der Waals surface area contributed by atoms with Crippen molar-refractivity contribution in [2.75, 3.05) is 18.4 Å². The van der Waals surface area contributed by atoms with Crippen molar-refractivity contribution in [3.63, 3.8) is 0 Å². The minimum atomic E-state index is -5.23. The van der Waals surface area contributed by atoms with E-state index in [0.29, 0.717) is 32.4 Å². The van der Waals surface area contributed by atoms with Crippen molar-refractivity contribution in [1.29, 1.82) is 0 Å². The summed E-state index contributed by atoms with van der Waals surface area (Å²) in [6.07, 6.45) is -6.32. The number of nitrogens with zero attached hydrogens (tertiary/aromatic N) is 3. The Morgan fingerprint density at radius 1 is 1.11 bits per heavy atom. The number of aromatic nitrogens is 2. The van der Waals surface area contributed by atoms with Crippen LogP contribution in [-0.4, -0.2) is 58.0 Å². The quantitative estimate of drug-likeness (QED) is 0.250. The Morgan fingerprint density at radius 2 is 1.74 bits per heavy atom. The molecule has 2 aliphatic carbocycles. The van der Waals surface area contributed by atoms with Crippen molar-refractivity contribution in [3.8, 4) is 11.3 Å². The number of amides is 2. The molecule has 2 amide bonds. The zero-order chi connectivity index (χ0) is 34.3. The summed E-state index contributed by atoms with van der Waals surface area (Å²) in [5.74, 6) is -3.66. The van der Waals surface area contributed by atoms with E-state index in [1.54, 1.807) is 19.2 Å². The van der Waals surface area contributed by atoms with Crippen LogP contribution >= 0.6 is 11.3 Å². The second-order valence-corrected chi connectivity index (χ2v) is 14.2. The lowest BCUT2D eigenvalue weighted by molar-refractivity contribution is -0.234. The Kier molecular flexibility index (Phi) is 7.81. The molecular formula is C30H28F7N5O4S. The molecule has 2 unspecified atom stereocenters. The number of carbonyl (C=O) groups is 3. The molecule has 4 aliphatic rings. The lowest BCUT2D eigenvalue weighted by atomic mass is 9.61. The number of imide groups is 1. The summed E-state index contributed by atoms with van der Waals surface area (Å²) < 4.78 is 84.7. The summed E-state index contributed by atoms with van der Waals surface area (Å²) in [6, 6.07) is 4.77. The third kappa shape index (κ3) is 5.81. The van der Waals surface area contributed by atoms with Gasteiger partial charge in [0, 0.05) is 40.3 Å². The molecule has 4 fully saturated rings. The Bertz CT molecular complexity index is 1750. The number of alkyl halides is 6. The van der Waals surface area contributed by atoms with Crippen LogP contribution in [0, 0.1) is 29.6 Å². The highest BCUT2D eigenvalue weighted by molar-refractivity contribution is 7.19. The van der Waals surface area contributed by atoms with Crippen LogP contribution in [0.15, 0.2) is 24.4 Å². The van der Waals surface area contributed by atoms with Gasteiger partial charge in [-0.1, -0.05) is 13.8 Å². The number of nitrogens with one attached hydrogen (secondary N) is 2. The van der Waals surface area contributed by atoms with E-state index in [0.717, 1.165) is 36.9 Å². The van der Waals surface area contributed by atoms with Gasteiger partial charge in [0.05, 0.1) is 40.0 Å². The van der Waals surface area contributed by atoms with Gasteiger partial charge in [-0.05, 0) is 54.4 Å². The van der Waals surface area contributed by atoms with Crippen molar-refractivity contribution in [2.24, 2.45) is 22.7 Å². The molecule has 7 rings (SSSR count). The third-order valence-corrected chi connectivity index (χ3v) is 10.6. The number of rotatable bonds is 5. The zero-order valence-electron chi connectivity index (χ0n) is 25.1. The predicted octanol–water partition coefficient (Wildman–Crippen LogP) is 5.97. The molecule has 47 heavy (non-hydrogen) atoms. The van der Waals surface area contributed by atoms with Crippen LogP contribution in [0.1, 0.15) is 42.8 Å². The molecule has 3 aromatic heterocycles. The lowest BCUT2D eigenvalue weighted by Crippen LogP contribution is -2.63. The Morgan fingerprint density at radius 3 is 2.26 bits per heavy atom. The minimum Gasteiger partial charge on any atom is -0.380 e. The van der Waals surface area contributed by atoms with E-state index in [4.69, 9.17) is 4.79 Å². The van der Waals surface area contributed by atoms with Crippen LogP contribution < -0.4 is 10.6 Å². The first kappa shape index (κ1) is 33.1. The van der Waals surface area contributed by atoms with Gasteiger partial charge in [0.15, 0.2) is 0 Å². The van der Waals surface area contributed by atoms with E-state index < -0.39 is 24.0 Å². The molecule has 2 atom stereocenters. The molecule has 0 bridgehead atoms. The Balaban J connectivity index is 0.000000431. The molecule has 3 aromatic rings. The van der Waals surface area contributed by atoms with Crippen LogP contribution in [0.4, 0.5) is 36.6 Å². The normalized spacial score (nSPS) is 23.9. The van der Waals surface area contributed by atoms with Crippen LogP contribution in [0.3, 0.4) is 0 Å². The van der Waals surface area contributed by atoms with E-state index in [2.05, 4.69) is 20.6 Å². The van der Waals surface area contributed by atoms with E-state index in [1.165, 1.54) is 16.2 Å². The van der Waals surface area contributed by atoms with Crippen LogP contribution in [0.2, 0.25) is 0 Å². The molecule has 252 valence electrons. The summed E-state index contributed by atoms with van der Waals surface area (Å²) in [6.45, 7) is 7.65. The fraction of sp³-hybridized carbons (Fsp3) is 0.500. The van der Waals surface area contributed by atoms with Gasteiger partial charge in [-0.25, -0.2) is 14.7 Å². The highest BCUT2D eigenvalue weighted by Gasteiger charge is 2.72. The first-order valence-corrected chi connectivity index (χ1v) is 15.4. The highest BCUT2D eigenvalue weighted by Crippen LogP contribution is 2.63. The maximum absolute atomic E-state index is 13.8. The predicted molar refractivity (Wildman–Crippen MR) is 154 cm³/mol. The van der Waals surface area contributed by atoms with Crippen molar-refractivity contribution in [3.05, 3.63) is 40.5 Å². The average molecular weight is 688 g/mol. The molecule has 2 saturated carbocycles. The Labute approximate surface area is 266 Å². The number of halogens is 7. The largest absolute Gasteiger partial charge is 0.494 e. The van der Waals surface area contributed by atoms with E-state index in [1.807, 2.05) is 24.9 Å². The molecule has 2 N–H and O–H groups in total. The summed E-state index contributed by atoms with van der Waals surface area (Å²) in [5, 5.41) is 6.81. The van der Waals surface area contributed by atoms with E-state index in [9.17, 15) is 40.5 Å². The number of thiophene rings is 1. The van der Waals surface area contributed by atoms with Gasteiger partial charge in [-0.2, -0.15) is 26.3 Å². The first-order valence-electron chi connectivity index (χ1n) is 14.6. The van der Waals surface area contributed by atoms with Crippen LogP contribution in [-0.2, 0) is 32.0 Å². The van der Waals surface area contributed by atoms with Gasteiger partial charge in [0.25, 0.3) is 0 Å². The van der Waals surface area contributed by atoms with Crippen molar-refractivity contribution >= 4 is 45.0 Å². The molecule has 2 aliphatic heterocycles. The molecule has 0 aromatic carbocycles. The zero-order valence-corrected chi connectivity index (χ0v) is 25.9. The SMILES string of the molecule is Cc1cc(C(F)(F)F)nc(-c2ccnc3cc(CN4C(=O)C5C(C4=O)C5(C)C)sc23)c1NC1CC2(CNC2)C1.O=C(OF)C(F)(F)F. The minimum absolute atomic E-state index is 0.138. The van der Waals surface area contributed by atoms with Gasteiger partial charge in [0.2, 0.25) is 11.8 Å². The third-order valence-electron chi connectivity index (χ3n) is 9.44. The number of aryl methyl sites for hydroxylation is 1. The smallest absolute Gasteiger partial charge is 0.380 e. The average Bonchev–Trinajstić information content (AvgIpc) is 3.18. The second-order valence-electron chi connectivity index (χ2n) is 13.1. The number of hydrogen-bond donors (Lipinski definition) is 2. The van der Waals surface area contributed by atoms with E-state index >= 15 is 0 Å². The second kappa shape index (κ2) is 11.1. The highest BCUT2D eigenvalue weighted by atomic mass is 32.1. The molecular weight excluding hydrogens is 659 g/mol. The van der Waals surface area contributed by atoms with Crippen LogP contribution in [0.25, 0.3) is 21.5 Å². The molecule has 0 radical (unpaired) electrons. The van der Waals surface area contributed by atoms with Gasteiger partial charge >= 0.3 is 18.3 Å². The summed E-state index contributed by atoms with van der Waals surface area (Å²) in [7, 11) is 0. The van der Waals surface area contributed by atoms with Gasteiger partial charge in [-0.15, -0.1) is 11.3 Å². The number of fused-ring (bicyclic) bond motifs is 2. The van der Waals surface area contributed by atoms with Gasteiger partial charge in [-0.3, -0.25) is 19.5 Å². The molecule has 9 nitrogen and oxygen atoms in total. The summed E-state index contributed by atoms with van der Waals surface area (Å²) in [4.78, 5) is 47.3. The first-order chi connectivity index (χ1) is 21.9. The maximum Gasteiger partial charge on any atom is 0.494 e. The van der Waals surface area contributed by atoms with Gasteiger partial charge < -0.3 is 10.6 Å². The molecule has 5 heterocycles. The molecule has 2 saturated heterocycles. The number of likely N-dealkylation sites (tertiary alicyclic amines) is 1. The van der Waals surface area contributed by atoms with E-state index in [-0.39, 0.29) is 47.3 Å². The molecule has 1 spiro atoms. The summed E-state index contributed by atoms with van der Waals surface area (Å²) >= 11 is 1.34. The number of pyridine rings is 2. The monoisotopic (exact) mass is 687 g/mol. The van der Waals surface area contributed by atoms with Crippen molar-refractivity contribution in [1.82, 2.24) is 20.2 Å². The summed E-state index contributed by atoms with van der Waals surface area (Å²) in [5.41, 5.74) is 1.56. The fourth-order valence-electron chi connectivity index (χ4n) is 6.87. The molecule has 17 heteroatoms. The number of carbonyl (C=O) groups excluding carboxylic acids is 3. The number of hydrogen-bond acceptors (Lipinski definition) is 9. The maximum atomic E-state index is 13.8. The lowest BCUT2D eigenvalue weighted by Gasteiger charge is -2.54. The van der Waals surface area contributed by atoms with Crippen LogP contribution in [0.5, 0.6) is 0 Å².